The second kappa shape index (κ2) is 9.16. The summed E-state index contributed by atoms with van der Waals surface area (Å²) in [5.41, 5.74) is 2.92. The summed E-state index contributed by atoms with van der Waals surface area (Å²) in [6.07, 6.45) is 3.16. The second-order valence-corrected chi connectivity index (χ2v) is 8.19. The number of nitrogens with zero attached hydrogens (tertiary/aromatic N) is 1. The van der Waals surface area contributed by atoms with Crippen LogP contribution in [0.25, 0.3) is 0 Å². The molecule has 8 nitrogen and oxygen atoms in total. The molecule has 1 saturated heterocycles. The number of fused-ring (bicyclic) bond motifs is 1. The Kier molecular flexibility index (Phi) is 6.32. The lowest BCUT2D eigenvalue weighted by molar-refractivity contribution is -0.132. The van der Waals surface area contributed by atoms with Gasteiger partial charge in [0.15, 0.2) is 11.5 Å². The molecule has 0 bridgehead atoms. The van der Waals surface area contributed by atoms with E-state index in [0.717, 1.165) is 17.0 Å². The van der Waals surface area contributed by atoms with Crippen LogP contribution in [0.15, 0.2) is 41.2 Å². The molecule has 2 heterocycles. The van der Waals surface area contributed by atoms with Gasteiger partial charge in [-0.2, -0.15) is 0 Å². The predicted octanol–water partition coefficient (Wildman–Crippen LogP) is 2.30. The maximum atomic E-state index is 13.6. The molecule has 1 aromatic rings. The number of nitrogens with one attached hydrogen (secondary N) is 1. The molecule has 3 aliphatic rings. The number of carbonyl (C=O) groups is 3. The van der Waals surface area contributed by atoms with Gasteiger partial charge in [-0.05, 0) is 31.0 Å². The number of methoxy groups -OCH3 is 1. The smallest absolute Gasteiger partial charge is 0.308 e. The predicted molar refractivity (Wildman–Crippen MR) is 116 cm³/mol. The lowest BCUT2D eigenvalue weighted by Gasteiger charge is -2.40. The van der Waals surface area contributed by atoms with Crippen LogP contribution in [0.4, 0.5) is 0 Å². The quantitative estimate of drug-likeness (QED) is 0.567. The fraction of sp³-hybridized carbons (Fsp3) is 0.458. The number of Topliss-reactive ketones (excluding diaryl/α,β-unsaturated/α-hetero) is 1. The van der Waals surface area contributed by atoms with Crippen LogP contribution in [-0.4, -0.2) is 56.0 Å². The summed E-state index contributed by atoms with van der Waals surface area (Å²) in [7, 11) is 1.49. The van der Waals surface area contributed by atoms with Gasteiger partial charge in [-0.3, -0.25) is 14.4 Å². The lowest BCUT2D eigenvalue weighted by atomic mass is 9.70. The second-order valence-electron chi connectivity index (χ2n) is 8.19. The number of morpholine rings is 1. The van der Waals surface area contributed by atoms with Gasteiger partial charge in [0.1, 0.15) is 5.78 Å². The molecule has 0 aromatic heterocycles. The normalized spacial score (nSPS) is 23.2. The van der Waals surface area contributed by atoms with E-state index in [9.17, 15) is 14.4 Å². The van der Waals surface area contributed by atoms with Crippen LogP contribution in [0.2, 0.25) is 0 Å². The van der Waals surface area contributed by atoms with Crippen LogP contribution in [0.1, 0.15) is 38.2 Å². The van der Waals surface area contributed by atoms with Gasteiger partial charge >= 0.3 is 5.97 Å². The van der Waals surface area contributed by atoms with E-state index in [4.69, 9.17) is 14.2 Å². The summed E-state index contributed by atoms with van der Waals surface area (Å²) in [5.74, 6) is -0.718. The number of ether oxygens (including phenoxy) is 3. The average molecular weight is 440 g/mol. The van der Waals surface area contributed by atoms with E-state index in [0.29, 0.717) is 56.2 Å². The van der Waals surface area contributed by atoms with Crippen molar-refractivity contribution in [3.63, 3.8) is 0 Å². The van der Waals surface area contributed by atoms with Crippen LogP contribution >= 0.6 is 0 Å². The molecule has 0 radical (unpaired) electrons. The van der Waals surface area contributed by atoms with Crippen molar-refractivity contribution in [1.29, 1.82) is 0 Å². The summed E-state index contributed by atoms with van der Waals surface area (Å²) in [6.45, 7) is 5.21. The van der Waals surface area contributed by atoms with Crippen LogP contribution in [0.5, 0.6) is 11.5 Å². The first-order valence-corrected chi connectivity index (χ1v) is 10.8. The van der Waals surface area contributed by atoms with Gasteiger partial charge in [-0.1, -0.05) is 12.1 Å². The molecule has 1 N–H and O–H groups in total. The van der Waals surface area contributed by atoms with Gasteiger partial charge in [0, 0.05) is 49.3 Å². The fourth-order valence-electron chi connectivity index (χ4n) is 4.71. The van der Waals surface area contributed by atoms with E-state index < -0.39 is 17.8 Å². The minimum atomic E-state index is -0.475. The molecule has 32 heavy (non-hydrogen) atoms. The van der Waals surface area contributed by atoms with Gasteiger partial charge in [0.2, 0.25) is 0 Å². The number of benzene rings is 1. The first-order valence-electron chi connectivity index (χ1n) is 10.8. The van der Waals surface area contributed by atoms with Crippen LogP contribution in [0.3, 0.4) is 0 Å². The maximum absolute atomic E-state index is 13.6. The summed E-state index contributed by atoms with van der Waals surface area (Å²) in [5, 5.41) is 3.33. The Hall–Kier alpha value is -3.13. The van der Waals surface area contributed by atoms with Crippen molar-refractivity contribution in [1.82, 2.24) is 10.2 Å². The first kappa shape index (κ1) is 22.1. The molecular weight excluding hydrogens is 412 g/mol. The minimum Gasteiger partial charge on any atom is -0.493 e. The zero-order chi connectivity index (χ0) is 22.8. The number of ketones is 1. The third-order valence-electron chi connectivity index (χ3n) is 6.15. The Bertz CT molecular complexity index is 1010. The molecule has 1 amide bonds. The van der Waals surface area contributed by atoms with Crippen molar-refractivity contribution in [2.24, 2.45) is 5.92 Å². The summed E-state index contributed by atoms with van der Waals surface area (Å²) >= 11 is 0. The number of esters is 1. The highest BCUT2D eigenvalue weighted by Gasteiger charge is 2.44. The van der Waals surface area contributed by atoms with Crippen molar-refractivity contribution >= 4 is 17.7 Å². The standard InChI is InChI=1S/C24H28N2O6/c1-14-21(24(29)26-9-11-31-12-10-26)22(23-17(25-14)5-4-6-18(23)28)16-7-8-19(32-15(2)27)20(13-16)30-3/h5,7-8,13,22-23,25H,4,6,9-12H2,1-3H3. The molecule has 2 atom stereocenters. The Morgan fingerprint density at radius 1 is 1.16 bits per heavy atom. The Morgan fingerprint density at radius 2 is 1.91 bits per heavy atom. The van der Waals surface area contributed by atoms with Gasteiger partial charge in [0.25, 0.3) is 5.91 Å². The Balaban J connectivity index is 1.82. The van der Waals surface area contributed by atoms with E-state index in [1.807, 2.05) is 13.0 Å². The number of amides is 1. The van der Waals surface area contributed by atoms with Crippen molar-refractivity contribution in [2.45, 2.75) is 32.6 Å². The number of hydrogen-bond donors (Lipinski definition) is 1. The maximum Gasteiger partial charge on any atom is 0.308 e. The molecule has 4 rings (SSSR count). The highest BCUT2D eigenvalue weighted by molar-refractivity contribution is 5.99. The third-order valence-corrected chi connectivity index (χ3v) is 6.15. The number of rotatable bonds is 4. The molecule has 170 valence electrons. The van der Waals surface area contributed by atoms with Gasteiger partial charge in [0.05, 0.1) is 26.2 Å². The molecular formula is C24H28N2O6. The highest BCUT2D eigenvalue weighted by Crippen LogP contribution is 2.45. The Morgan fingerprint density at radius 3 is 2.59 bits per heavy atom. The molecule has 2 aliphatic heterocycles. The highest BCUT2D eigenvalue weighted by atomic mass is 16.6. The van der Waals surface area contributed by atoms with Crippen LogP contribution in [-0.2, 0) is 19.1 Å². The van der Waals surface area contributed by atoms with Crippen LogP contribution in [0, 0.1) is 5.92 Å². The summed E-state index contributed by atoms with van der Waals surface area (Å²) < 4.78 is 16.1. The van der Waals surface area contributed by atoms with E-state index in [-0.39, 0.29) is 11.7 Å². The number of carbonyl (C=O) groups excluding carboxylic acids is 3. The molecule has 1 fully saturated rings. The van der Waals surface area contributed by atoms with E-state index in [1.165, 1.54) is 14.0 Å². The molecule has 1 aliphatic carbocycles. The zero-order valence-corrected chi connectivity index (χ0v) is 18.6. The van der Waals surface area contributed by atoms with Crippen molar-refractivity contribution in [2.75, 3.05) is 33.4 Å². The fourth-order valence-corrected chi connectivity index (χ4v) is 4.71. The summed E-state index contributed by atoms with van der Waals surface area (Å²) in [6, 6.07) is 5.21. The van der Waals surface area contributed by atoms with Gasteiger partial charge in [-0.25, -0.2) is 0 Å². The Labute approximate surface area is 187 Å². The minimum absolute atomic E-state index is 0.0937. The summed E-state index contributed by atoms with van der Waals surface area (Å²) in [4.78, 5) is 40.0. The van der Waals surface area contributed by atoms with Crippen LogP contribution < -0.4 is 14.8 Å². The zero-order valence-electron chi connectivity index (χ0n) is 18.6. The van der Waals surface area contributed by atoms with Crippen molar-refractivity contribution in [3.8, 4) is 11.5 Å². The SMILES string of the molecule is COc1cc(C2C(C(=O)N3CCOCC3)=C(C)NC3=CCCC(=O)C32)ccc1OC(C)=O. The number of allylic oxidation sites excluding steroid dienone is 3. The lowest BCUT2D eigenvalue weighted by Crippen LogP contribution is -2.47. The van der Waals surface area contributed by atoms with Gasteiger partial charge < -0.3 is 24.4 Å². The largest absolute Gasteiger partial charge is 0.493 e. The van der Waals surface area contributed by atoms with Gasteiger partial charge in [-0.15, -0.1) is 0 Å². The molecule has 1 aromatic carbocycles. The van der Waals surface area contributed by atoms with E-state index in [1.54, 1.807) is 23.1 Å². The monoisotopic (exact) mass is 440 g/mol. The third kappa shape index (κ3) is 4.14. The molecule has 0 spiro atoms. The number of hydrogen-bond acceptors (Lipinski definition) is 7. The van der Waals surface area contributed by atoms with E-state index >= 15 is 0 Å². The first-order chi connectivity index (χ1) is 15.4. The average Bonchev–Trinajstić information content (AvgIpc) is 2.78. The molecule has 2 unspecified atom stereocenters. The van der Waals surface area contributed by atoms with E-state index in [2.05, 4.69) is 5.32 Å². The van der Waals surface area contributed by atoms with Crippen molar-refractivity contribution in [3.05, 3.63) is 46.8 Å². The molecule has 8 heteroatoms. The molecule has 0 saturated carbocycles. The topological polar surface area (TPSA) is 94.2 Å². The van der Waals surface area contributed by atoms with Crippen molar-refractivity contribution < 1.29 is 28.6 Å².